The van der Waals surface area contributed by atoms with E-state index in [2.05, 4.69) is 48.2 Å². The number of nitrogens with two attached hydrogens (primary N) is 1. The van der Waals surface area contributed by atoms with Crippen molar-refractivity contribution in [2.45, 2.75) is 20.0 Å². The Morgan fingerprint density at radius 1 is 0.895 bits per heavy atom. The van der Waals surface area contributed by atoms with Crippen LogP contribution in [0.1, 0.15) is 18.1 Å². The molecule has 0 amide bonds. The topological polar surface area (TPSA) is 29.3 Å². The predicted molar refractivity (Wildman–Crippen MR) is 84.3 cm³/mol. The Morgan fingerprint density at radius 2 is 1.53 bits per heavy atom. The maximum atomic E-state index is 5.81. The molecule has 3 heteroatoms. The van der Waals surface area contributed by atoms with Gasteiger partial charge in [0, 0.05) is 18.8 Å². The van der Waals surface area contributed by atoms with Gasteiger partial charge in [0.05, 0.1) is 0 Å². The first-order chi connectivity index (χ1) is 8.78. The van der Waals surface area contributed by atoms with E-state index < -0.39 is 0 Å². The molecule has 2 aromatic rings. The first-order valence-corrected chi connectivity index (χ1v) is 6.38. The molecule has 2 aromatic carbocycles. The fraction of sp³-hybridized carbons (Fsp3) is 0.250. The summed E-state index contributed by atoms with van der Waals surface area (Å²) in [4.78, 5) is 2.41. The van der Waals surface area contributed by atoms with Crippen molar-refractivity contribution >= 4 is 18.1 Å². The van der Waals surface area contributed by atoms with Crippen LogP contribution in [0.5, 0.6) is 0 Å². The van der Waals surface area contributed by atoms with Gasteiger partial charge in [-0.2, -0.15) is 0 Å². The minimum atomic E-state index is 0. The maximum absolute atomic E-state index is 5.81. The van der Waals surface area contributed by atoms with Gasteiger partial charge in [0.1, 0.15) is 0 Å². The van der Waals surface area contributed by atoms with Crippen molar-refractivity contribution < 1.29 is 0 Å². The van der Waals surface area contributed by atoms with Crippen molar-refractivity contribution in [1.82, 2.24) is 4.90 Å². The smallest absolute Gasteiger partial charge is 0.0317 e. The minimum Gasteiger partial charge on any atom is -0.399 e. The fourth-order valence-electron chi connectivity index (χ4n) is 2.07. The zero-order chi connectivity index (χ0) is 12.8. The molecule has 0 spiro atoms. The Morgan fingerprint density at radius 3 is 2.16 bits per heavy atom. The molecule has 0 bridgehead atoms. The lowest BCUT2D eigenvalue weighted by Crippen LogP contribution is -2.22. The molecule has 0 saturated carbocycles. The molecule has 0 heterocycles. The summed E-state index contributed by atoms with van der Waals surface area (Å²) in [7, 11) is 0. The average molecular weight is 277 g/mol. The molecule has 19 heavy (non-hydrogen) atoms. The molecule has 0 saturated heterocycles. The molecule has 0 aliphatic rings. The first kappa shape index (κ1) is 15.5. The summed E-state index contributed by atoms with van der Waals surface area (Å²) in [6, 6.07) is 18.7. The summed E-state index contributed by atoms with van der Waals surface area (Å²) in [5.41, 5.74) is 9.27. The van der Waals surface area contributed by atoms with E-state index in [9.17, 15) is 0 Å². The SMILES string of the molecule is CCN(Cc1ccccc1)Cc1cccc(N)c1.Cl. The second-order valence-corrected chi connectivity index (χ2v) is 4.53. The zero-order valence-corrected chi connectivity index (χ0v) is 12.1. The third-order valence-electron chi connectivity index (χ3n) is 3.05. The van der Waals surface area contributed by atoms with E-state index in [0.29, 0.717) is 0 Å². The van der Waals surface area contributed by atoms with Crippen LogP contribution in [-0.2, 0) is 13.1 Å². The lowest BCUT2D eigenvalue weighted by molar-refractivity contribution is 0.271. The molecule has 0 unspecified atom stereocenters. The normalized spacial score (nSPS) is 10.2. The standard InChI is InChI=1S/C16H20N2.ClH/c1-2-18(12-14-7-4-3-5-8-14)13-15-9-6-10-16(17)11-15;/h3-11H,2,12-13,17H2,1H3;1H. The highest BCUT2D eigenvalue weighted by Crippen LogP contribution is 2.12. The van der Waals surface area contributed by atoms with Gasteiger partial charge in [-0.3, -0.25) is 4.90 Å². The van der Waals surface area contributed by atoms with Crippen LogP contribution in [0.3, 0.4) is 0 Å². The Bertz CT molecular complexity index is 485. The fourth-order valence-corrected chi connectivity index (χ4v) is 2.07. The molecule has 102 valence electrons. The maximum Gasteiger partial charge on any atom is 0.0317 e. The molecule has 0 atom stereocenters. The molecule has 0 aliphatic heterocycles. The Balaban J connectivity index is 0.00000180. The third-order valence-corrected chi connectivity index (χ3v) is 3.05. The van der Waals surface area contributed by atoms with Crippen molar-refractivity contribution in [2.75, 3.05) is 12.3 Å². The van der Waals surface area contributed by atoms with E-state index in [1.165, 1.54) is 11.1 Å². The average Bonchev–Trinajstić information content (AvgIpc) is 2.39. The number of halogens is 1. The van der Waals surface area contributed by atoms with Gasteiger partial charge in [-0.15, -0.1) is 12.4 Å². The second-order valence-electron chi connectivity index (χ2n) is 4.53. The van der Waals surface area contributed by atoms with E-state index in [0.717, 1.165) is 25.3 Å². The van der Waals surface area contributed by atoms with Crippen molar-refractivity contribution in [3.63, 3.8) is 0 Å². The van der Waals surface area contributed by atoms with Gasteiger partial charge in [-0.05, 0) is 29.8 Å². The Kier molecular flexibility index (Phi) is 6.40. The summed E-state index contributed by atoms with van der Waals surface area (Å²) >= 11 is 0. The van der Waals surface area contributed by atoms with Crippen LogP contribution in [0.2, 0.25) is 0 Å². The first-order valence-electron chi connectivity index (χ1n) is 6.38. The van der Waals surface area contributed by atoms with Crippen molar-refractivity contribution in [3.8, 4) is 0 Å². The lowest BCUT2D eigenvalue weighted by atomic mass is 10.1. The van der Waals surface area contributed by atoms with Crippen LogP contribution in [0.25, 0.3) is 0 Å². The number of nitrogen functional groups attached to an aromatic ring is 1. The zero-order valence-electron chi connectivity index (χ0n) is 11.3. The highest BCUT2D eigenvalue weighted by molar-refractivity contribution is 5.85. The number of benzene rings is 2. The van der Waals surface area contributed by atoms with E-state index in [-0.39, 0.29) is 12.4 Å². The molecular formula is C16H21ClN2. The molecule has 2 rings (SSSR count). The quantitative estimate of drug-likeness (QED) is 0.844. The summed E-state index contributed by atoms with van der Waals surface area (Å²) in [5, 5.41) is 0. The van der Waals surface area contributed by atoms with Gasteiger partial charge >= 0.3 is 0 Å². The number of hydrogen-bond acceptors (Lipinski definition) is 2. The molecule has 2 N–H and O–H groups in total. The summed E-state index contributed by atoms with van der Waals surface area (Å²) in [5.74, 6) is 0. The van der Waals surface area contributed by atoms with E-state index in [4.69, 9.17) is 5.73 Å². The lowest BCUT2D eigenvalue weighted by Gasteiger charge is -2.20. The Hall–Kier alpha value is -1.51. The van der Waals surface area contributed by atoms with Crippen LogP contribution in [0.15, 0.2) is 54.6 Å². The third kappa shape index (κ3) is 4.93. The van der Waals surface area contributed by atoms with Gasteiger partial charge < -0.3 is 5.73 Å². The van der Waals surface area contributed by atoms with E-state index in [1.54, 1.807) is 0 Å². The predicted octanol–water partition coefficient (Wildman–Crippen LogP) is 3.71. The summed E-state index contributed by atoms with van der Waals surface area (Å²) in [6.45, 7) is 5.14. The minimum absolute atomic E-state index is 0. The molecule has 2 nitrogen and oxygen atoms in total. The molecule has 0 fully saturated rings. The van der Waals surface area contributed by atoms with Gasteiger partial charge in [0.2, 0.25) is 0 Å². The van der Waals surface area contributed by atoms with Crippen LogP contribution < -0.4 is 5.73 Å². The van der Waals surface area contributed by atoms with Crippen LogP contribution in [-0.4, -0.2) is 11.4 Å². The highest BCUT2D eigenvalue weighted by Gasteiger charge is 2.04. The molecule has 0 aliphatic carbocycles. The van der Waals surface area contributed by atoms with Gasteiger partial charge in [-0.1, -0.05) is 49.4 Å². The van der Waals surface area contributed by atoms with Crippen molar-refractivity contribution in [2.24, 2.45) is 0 Å². The monoisotopic (exact) mass is 276 g/mol. The van der Waals surface area contributed by atoms with Crippen LogP contribution >= 0.6 is 12.4 Å². The van der Waals surface area contributed by atoms with Gasteiger partial charge in [0.25, 0.3) is 0 Å². The van der Waals surface area contributed by atoms with E-state index >= 15 is 0 Å². The number of hydrogen-bond donors (Lipinski definition) is 1. The van der Waals surface area contributed by atoms with E-state index in [1.807, 2.05) is 18.2 Å². The second kappa shape index (κ2) is 7.82. The highest BCUT2D eigenvalue weighted by atomic mass is 35.5. The largest absolute Gasteiger partial charge is 0.399 e. The molecular weight excluding hydrogens is 256 g/mol. The number of rotatable bonds is 5. The summed E-state index contributed by atoms with van der Waals surface area (Å²) in [6.07, 6.45) is 0. The van der Waals surface area contributed by atoms with Crippen LogP contribution in [0, 0.1) is 0 Å². The number of nitrogens with zero attached hydrogens (tertiary/aromatic N) is 1. The van der Waals surface area contributed by atoms with Crippen LogP contribution in [0.4, 0.5) is 5.69 Å². The number of anilines is 1. The van der Waals surface area contributed by atoms with Gasteiger partial charge in [0.15, 0.2) is 0 Å². The van der Waals surface area contributed by atoms with Gasteiger partial charge in [-0.25, -0.2) is 0 Å². The summed E-state index contributed by atoms with van der Waals surface area (Å²) < 4.78 is 0. The Labute approximate surface area is 121 Å². The molecule has 0 aromatic heterocycles. The van der Waals surface area contributed by atoms with Crippen molar-refractivity contribution in [1.29, 1.82) is 0 Å². The molecule has 0 radical (unpaired) electrons. The van der Waals surface area contributed by atoms with Crippen molar-refractivity contribution in [3.05, 3.63) is 65.7 Å².